The summed E-state index contributed by atoms with van der Waals surface area (Å²) in [5.41, 5.74) is 6.10. The first-order chi connectivity index (χ1) is 17.7. The zero-order chi connectivity index (χ0) is 26.0. The van der Waals surface area contributed by atoms with Crippen LogP contribution in [0.2, 0.25) is 0 Å². The van der Waals surface area contributed by atoms with Gasteiger partial charge in [0.25, 0.3) is 5.91 Å². The van der Waals surface area contributed by atoms with Gasteiger partial charge in [-0.3, -0.25) is 14.7 Å². The molecule has 0 aliphatic carbocycles. The summed E-state index contributed by atoms with van der Waals surface area (Å²) in [6.07, 6.45) is 2.27. The Labute approximate surface area is 214 Å². The number of rotatable bonds is 7. The molecule has 5 rings (SSSR count). The molecule has 0 bridgehead atoms. The topological polar surface area (TPSA) is 45.7 Å². The number of likely N-dealkylation sites (tertiary alicyclic amines) is 1. The van der Waals surface area contributed by atoms with Gasteiger partial charge >= 0.3 is 6.36 Å². The predicted molar refractivity (Wildman–Crippen MR) is 134 cm³/mol. The lowest BCUT2D eigenvalue weighted by Gasteiger charge is -2.32. The van der Waals surface area contributed by atoms with E-state index in [1.807, 2.05) is 19.3 Å². The minimum Gasteiger partial charge on any atom is -0.406 e. The van der Waals surface area contributed by atoms with Gasteiger partial charge in [0, 0.05) is 37.6 Å². The van der Waals surface area contributed by atoms with Crippen molar-refractivity contribution in [3.05, 3.63) is 94.3 Å². The van der Waals surface area contributed by atoms with E-state index < -0.39 is 6.36 Å². The highest BCUT2D eigenvalue weighted by molar-refractivity contribution is 5.99. The van der Waals surface area contributed by atoms with E-state index in [9.17, 15) is 18.0 Å². The molecule has 1 amide bonds. The average Bonchev–Trinajstić information content (AvgIpc) is 3.16. The van der Waals surface area contributed by atoms with Crippen LogP contribution in [0.5, 0.6) is 5.75 Å². The summed E-state index contributed by atoms with van der Waals surface area (Å²) in [5, 5.41) is 0. The molecular formula is C29H30F3N3O2. The first-order valence-electron chi connectivity index (χ1n) is 12.6. The number of fused-ring (bicyclic) bond motifs is 1. The lowest BCUT2D eigenvalue weighted by atomic mass is 9.88. The van der Waals surface area contributed by atoms with Gasteiger partial charge in [0.1, 0.15) is 5.75 Å². The van der Waals surface area contributed by atoms with E-state index in [0.717, 1.165) is 61.2 Å². The maximum Gasteiger partial charge on any atom is 0.573 e. The van der Waals surface area contributed by atoms with E-state index in [-0.39, 0.29) is 11.7 Å². The van der Waals surface area contributed by atoms with Gasteiger partial charge in [0.15, 0.2) is 0 Å². The predicted octanol–water partition coefficient (Wildman–Crippen LogP) is 5.90. The monoisotopic (exact) mass is 509 g/mol. The van der Waals surface area contributed by atoms with Crippen LogP contribution in [-0.4, -0.2) is 40.1 Å². The number of nitrogens with zero attached hydrogens (tertiary/aromatic N) is 3. The molecule has 2 aliphatic heterocycles. The Morgan fingerprint density at radius 1 is 0.946 bits per heavy atom. The van der Waals surface area contributed by atoms with E-state index in [4.69, 9.17) is 0 Å². The zero-order valence-corrected chi connectivity index (χ0v) is 20.8. The molecule has 1 fully saturated rings. The molecule has 194 valence electrons. The number of ether oxygens (including phenoxy) is 1. The summed E-state index contributed by atoms with van der Waals surface area (Å²) in [7, 11) is 0. The SMILES string of the molecule is Cc1cc(CC2CCN(Cc3ccncc3)CC2)cc2c1C(=O)N(Cc1ccc(OC(F)(F)F)cc1)C2. The molecule has 1 aromatic heterocycles. The summed E-state index contributed by atoms with van der Waals surface area (Å²) in [6, 6.07) is 14.2. The van der Waals surface area contributed by atoms with E-state index in [1.165, 1.54) is 23.3 Å². The van der Waals surface area contributed by atoms with E-state index in [0.29, 0.717) is 19.0 Å². The highest BCUT2D eigenvalue weighted by atomic mass is 19.4. The molecule has 2 aliphatic rings. The van der Waals surface area contributed by atoms with Crippen molar-refractivity contribution in [2.45, 2.75) is 52.2 Å². The van der Waals surface area contributed by atoms with Gasteiger partial charge in [0.05, 0.1) is 0 Å². The molecular weight excluding hydrogens is 479 g/mol. The molecule has 5 nitrogen and oxygen atoms in total. The van der Waals surface area contributed by atoms with Crippen molar-refractivity contribution in [1.29, 1.82) is 0 Å². The number of halogens is 3. The van der Waals surface area contributed by atoms with E-state index in [2.05, 4.69) is 38.9 Å². The lowest BCUT2D eigenvalue weighted by molar-refractivity contribution is -0.274. The quantitative estimate of drug-likeness (QED) is 0.398. The molecule has 0 spiro atoms. The van der Waals surface area contributed by atoms with Crippen molar-refractivity contribution in [2.75, 3.05) is 13.1 Å². The average molecular weight is 510 g/mol. The van der Waals surface area contributed by atoms with Gasteiger partial charge in [-0.2, -0.15) is 0 Å². The molecule has 2 aromatic carbocycles. The van der Waals surface area contributed by atoms with Gasteiger partial charge < -0.3 is 9.64 Å². The molecule has 37 heavy (non-hydrogen) atoms. The number of pyridine rings is 1. The summed E-state index contributed by atoms with van der Waals surface area (Å²) < 4.78 is 41.2. The van der Waals surface area contributed by atoms with Crippen molar-refractivity contribution in [3.8, 4) is 5.75 Å². The molecule has 3 aromatic rings. The van der Waals surface area contributed by atoms with E-state index >= 15 is 0 Å². The van der Waals surface area contributed by atoms with Crippen LogP contribution in [0.25, 0.3) is 0 Å². The van der Waals surface area contributed by atoms with Crippen molar-refractivity contribution >= 4 is 5.91 Å². The van der Waals surface area contributed by atoms with Crippen LogP contribution in [0.15, 0.2) is 60.9 Å². The second kappa shape index (κ2) is 10.5. The standard InChI is InChI=1S/C29H30F3N3O2/c1-20-14-24(15-21-8-12-34(13-9-21)17-23-6-10-33-11-7-23)16-25-19-35(28(36)27(20)25)18-22-2-4-26(5-3-22)37-29(30,31)32/h2-7,10-11,14,16,21H,8-9,12-13,15,17-19H2,1H3. The molecule has 0 unspecified atom stereocenters. The molecule has 1 saturated heterocycles. The second-order valence-electron chi connectivity index (χ2n) is 10.1. The number of amides is 1. The number of aryl methyl sites for hydroxylation is 1. The number of aromatic nitrogens is 1. The Hall–Kier alpha value is -3.39. The number of benzene rings is 2. The van der Waals surface area contributed by atoms with Gasteiger partial charge in [0.2, 0.25) is 0 Å². The fourth-order valence-corrected chi connectivity index (χ4v) is 5.50. The molecule has 8 heteroatoms. The smallest absolute Gasteiger partial charge is 0.406 e. The number of alkyl halides is 3. The third-order valence-electron chi connectivity index (χ3n) is 7.26. The van der Waals surface area contributed by atoms with Crippen LogP contribution >= 0.6 is 0 Å². The molecule has 3 heterocycles. The summed E-state index contributed by atoms with van der Waals surface area (Å²) in [4.78, 5) is 21.4. The van der Waals surface area contributed by atoms with Crippen molar-refractivity contribution < 1.29 is 22.7 Å². The van der Waals surface area contributed by atoms with Gasteiger partial charge in [-0.15, -0.1) is 13.2 Å². The highest BCUT2D eigenvalue weighted by Crippen LogP contribution is 2.31. The molecule has 0 saturated carbocycles. The van der Waals surface area contributed by atoms with Crippen LogP contribution in [0.3, 0.4) is 0 Å². The zero-order valence-electron chi connectivity index (χ0n) is 20.8. The first-order valence-corrected chi connectivity index (χ1v) is 12.6. The number of hydrogen-bond acceptors (Lipinski definition) is 4. The first kappa shape index (κ1) is 25.3. The Bertz CT molecular complexity index is 1240. The third kappa shape index (κ3) is 6.31. The van der Waals surface area contributed by atoms with Crippen LogP contribution < -0.4 is 4.74 Å². The Morgan fingerprint density at radius 3 is 2.30 bits per heavy atom. The van der Waals surface area contributed by atoms with Crippen molar-refractivity contribution in [3.63, 3.8) is 0 Å². The fraction of sp³-hybridized carbons (Fsp3) is 0.379. The Kier molecular flexibility index (Phi) is 7.20. The maximum absolute atomic E-state index is 13.1. The van der Waals surface area contributed by atoms with Crippen molar-refractivity contribution in [1.82, 2.24) is 14.8 Å². The number of carbonyl (C=O) groups is 1. The number of piperidine rings is 1. The number of carbonyl (C=O) groups excluding carboxylic acids is 1. The van der Waals surface area contributed by atoms with Gasteiger partial charge in [-0.05, 0) is 97.3 Å². The lowest BCUT2D eigenvalue weighted by Crippen LogP contribution is -2.33. The Balaban J connectivity index is 1.18. The minimum atomic E-state index is -4.72. The van der Waals surface area contributed by atoms with E-state index in [1.54, 1.807) is 17.0 Å². The van der Waals surface area contributed by atoms with Gasteiger partial charge in [-0.1, -0.05) is 24.3 Å². The molecule has 0 radical (unpaired) electrons. The van der Waals surface area contributed by atoms with Gasteiger partial charge in [-0.25, -0.2) is 0 Å². The molecule has 0 atom stereocenters. The van der Waals surface area contributed by atoms with Crippen LogP contribution in [-0.2, 0) is 26.1 Å². The fourth-order valence-electron chi connectivity index (χ4n) is 5.50. The largest absolute Gasteiger partial charge is 0.573 e. The highest BCUT2D eigenvalue weighted by Gasteiger charge is 2.32. The summed E-state index contributed by atoms with van der Waals surface area (Å²) in [5.74, 6) is 0.326. The third-order valence-corrected chi connectivity index (χ3v) is 7.26. The van der Waals surface area contributed by atoms with Crippen LogP contribution in [0.1, 0.15) is 51.0 Å². The summed E-state index contributed by atoms with van der Waals surface area (Å²) in [6.45, 7) is 5.96. The second-order valence-corrected chi connectivity index (χ2v) is 10.1. The number of hydrogen-bond donors (Lipinski definition) is 0. The maximum atomic E-state index is 13.1. The van der Waals surface area contributed by atoms with Crippen LogP contribution in [0.4, 0.5) is 13.2 Å². The normalized spacial score (nSPS) is 16.8. The van der Waals surface area contributed by atoms with Crippen molar-refractivity contribution in [2.24, 2.45) is 5.92 Å². The Morgan fingerprint density at radius 2 is 1.62 bits per heavy atom. The minimum absolute atomic E-state index is 0.0286. The summed E-state index contributed by atoms with van der Waals surface area (Å²) >= 11 is 0. The molecule has 0 N–H and O–H groups in total. The van der Waals surface area contributed by atoms with Crippen LogP contribution in [0, 0.1) is 12.8 Å².